The molecular weight excluding hydrogens is 881 g/mol. The Balaban J connectivity index is 0.883. The molecule has 24 bridgehead atoms. The molecule has 0 saturated heterocycles. The molecule has 1 nitrogen and oxygen atoms in total. The van der Waals surface area contributed by atoms with Crippen LogP contribution < -0.4 is 4.74 Å². The predicted molar refractivity (Wildman–Crippen MR) is 292 cm³/mol. The van der Waals surface area contributed by atoms with E-state index < -0.39 is 0 Å². The van der Waals surface area contributed by atoms with Crippen LogP contribution in [0.5, 0.6) is 11.5 Å². The Morgan fingerprint density at radius 1 is 0.233 bits per heavy atom. The molecule has 0 N–H and O–H groups in total. The van der Waals surface area contributed by atoms with Crippen molar-refractivity contribution in [2.24, 2.45) is 107 Å². The molecule has 26 rings (SSSR count). The summed E-state index contributed by atoms with van der Waals surface area (Å²) in [6.07, 6.45) is 55.3. The fourth-order valence-corrected chi connectivity index (χ4v) is 31.0. The fraction of sp³-hybridized carbons (Fsp3) is 0.833. The van der Waals surface area contributed by atoms with Gasteiger partial charge in [0.2, 0.25) is 0 Å². The largest absolute Gasteiger partial charge is 0.457 e. The van der Waals surface area contributed by atoms with Crippen LogP contribution in [-0.2, 0) is 32.5 Å². The maximum Gasteiger partial charge on any atom is 0.131 e. The minimum atomic E-state index is 0.318. The lowest BCUT2D eigenvalue weighted by atomic mass is 9.39. The van der Waals surface area contributed by atoms with E-state index in [1.807, 2.05) is 22.3 Å². The summed E-state index contributed by atoms with van der Waals surface area (Å²) < 4.78 is 8.91. The molecule has 24 fully saturated rings. The standard InChI is InChI=1S/C72H94O/c1-2-59(67-23-41-4-42(24-67)6-43(5-41)25-67)63(69-29-47-10-48(30-69)12-49(11-47)31-69)61(3-1)73-62-22-60(68-26-44-7-45(27-68)9-46(8-44)28-68)64(70-32-50-13-51(33-70)15-52(14-50)34-70)66(72-38-56-19-57(39-72)21-58(20-56)40-72)65(62)71-35-53-16-54(36-71)18-55(17-53)37-71/h1-3,22,41-58H,4-21,23-40H2. The summed E-state index contributed by atoms with van der Waals surface area (Å²) in [4.78, 5) is 0. The van der Waals surface area contributed by atoms with Crippen LogP contribution in [0, 0.1) is 107 Å². The molecule has 0 radical (unpaired) electrons. The van der Waals surface area contributed by atoms with Crippen molar-refractivity contribution >= 4 is 0 Å². The van der Waals surface area contributed by atoms with Gasteiger partial charge >= 0.3 is 0 Å². The van der Waals surface area contributed by atoms with Gasteiger partial charge in [0.25, 0.3) is 0 Å². The van der Waals surface area contributed by atoms with Gasteiger partial charge in [0.1, 0.15) is 11.5 Å². The molecule has 0 unspecified atom stereocenters. The zero-order chi connectivity index (χ0) is 47.0. The van der Waals surface area contributed by atoms with E-state index in [2.05, 4.69) is 35.4 Å². The van der Waals surface area contributed by atoms with E-state index in [0.29, 0.717) is 32.5 Å². The first-order valence-electron chi connectivity index (χ1n) is 33.6. The number of hydrogen-bond donors (Lipinski definition) is 0. The van der Waals surface area contributed by atoms with Gasteiger partial charge in [-0.25, -0.2) is 0 Å². The molecule has 2 aromatic rings. The molecule has 2 aromatic carbocycles. The highest BCUT2D eigenvalue weighted by Gasteiger charge is 2.65. The third-order valence-corrected chi connectivity index (χ3v) is 30.0. The molecule has 0 amide bonds. The molecule has 24 aliphatic carbocycles. The SMILES string of the molecule is c1cc(Oc2cc(C34CC5CC(CC(C5)C3)C4)c(C34CC5CC(CC(C5)C3)C4)c(C34CC5CC(CC(C5)C3)C4)c2C23CC4CC(CC(C4)C2)C3)c(C23CC4CC(CC(C4)C2)C3)c(C23CC4CC(CC(C4)C2)C3)c1. The summed E-state index contributed by atoms with van der Waals surface area (Å²) in [5.74, 6) is 20.5. The molecule has 24 saturated carbocycles. The highest BCUT2D eigenvalue weighted by Crippen LogP contribution is 2.74. The van der Waals surface area contributed by atoms with Crippen molar-refractivity contribution in [3.8, 4) is 11.5 Å². The van der Waals surface area contributed by atoms with Crippen molar-refractivity contribution in [1.29, 1.82) is 0 Å². The van der Waals surface area contributed by atoms with Crippen molar-refractivity contribution in [1.82, 2.24) is 0 Å². The second-order valence-corrected chi connectivity index (χ2v) is 35.0. The van der Waals surface area contributed by atoms with Gasteiger partial charge in [-0.15, -0.1) is 0 Å². The quantitative estimate of drug-likeness (QED) is 0.256. The van der Waals surface area contributed by atoms with Crippen molar-refractivity contribution in [2.75, 3.05) is 0 Å². The lowest BCUT2D eigenvalue weighted by Gasteiger charge is -2.65. The van der Waals surface area contributed by atoms with Crippen molar-refractivity contribution in [3.63, 3.8) is 0 Å². The smallest absolute Gasteiger partial charge is 0.131 e. The number of ether oxygens (including phenoxy) is 1. The Bertz CT molecular complexity index is 2470. The monoisotopic (exact) mass is 975 g/mol. The zero-order valence-electron chi connectivity index (χ0n) is 45.6. The summed E-state index contributed by atoms with van der Waals surface area (Å²) in [5.41, 5.74) is 14.3. The molecular formula is C72H94O. The maximum absolute atomic E-state index is 8.91. The average Bonchev–Trinajstić information content (AvgIpc) is 3.31. The highest BCUT2D eigenvalue weighted by atomic mass is 16.5. The first kappa shape index (κ1) is 43.2. The molecule has 24 aliphatic rings. The van der Waals surface area contributed by atoms with E-state index in [4.69, 9.17) is 4.74 Å². The maximum atomic E-state index is 8.91. The summed E-state index contributed by atoms with van der Waals surface area (Å²) in [5, 5.41) is 0. The Labute approximate surface area is 441 Å². The van der Waals surface area contributed by atoms with E-state index in [1.54, 1.807) is 160 Å². The van der Waals surface area contributed by atoms with Crippen molar-refractivity contribution in [3.05, 3.63) is 57.6 Å². The molecule has 0 aromatic heterocycles. The number of benzene rings is 2. The van der Waals surface area contributed by atoms with Crippen LogP contribution >= 0.6 is 0 Å². The van der Waals surface area contributed by atoms with E-state index in [0.717, 1.165) is 107 Å². The molecule has 1 heteroatoms. The van der Waals surface area contributed by atoms with Crippen LogP contribution in [0.2, 0.25) is 0 Å². The minimum absolute atomic E-state index is 0.318. The average molecular weight is 976 g/mol. The van der Waals surface area contributed by atoms with E-state index in [9.17, 15) is 0 Å². The van der Waals surface area contributed by atoms with Crippen LogP contribution in [0.1, 0.15) is 265 Å². The van der Waals surface area contributed by atoms with Crippen LogP contribution in [0.15, 0.2) is 24.3 Å². The normalized spacial score (nSPS) is 56.8. The zero-order valence-corrected chi connectivity index (χ0v) is 45.6. The van der Waals surface area contributed by atoms with Crippen molar-refractivity contribution in [2.45, 2.75) is 264 Å². The molecule has 0 heterocycles. The van der Waals surface area contributed by atoms with Gasteiger partial charge in [0.05, 0.1) is 0 Å². The van der Waals surface area contributed by atoms with Crippen LogP contribution in [0.3, 0.4) is 0 Å². The second kappa shape index (κ2) is 14.3. The second-order valence-electron chi connectivity index (χ2n) is 35.0. The summed E-state index contributed by atoms with van der Waals surface area (Å²) in [6, 6.07) is 11.3. The Kier molecular flexibility index (Phi) is 8.48. The van der Waals surface area contributed by atoms with Crippen molar-refractivity contribution < 1.29 is 4.74 Å². The van der Waals surface area contributed by atoms with E-state index in [-0.39, 0.29) is 0 Å². The van der Waals surface area contributed by atoms with Crippen LogP contribution in [0.25, 0.3) is 0 Å². The van der Waals surface area contributed by atoms with Crippen LogP contribution in [-0.4, -0.2) is 0 Å². The minimum Gasteiger partial charge on any atom is -0.457 e. The van der Waals surface area contributed by atoms with E-state index in [1.165, 1.54) is 82.8 Å². The Morgan fingerprint density at radius 2 is 0.479 bits per heavy atom. The molecule has 0 spiro atoms. The van der Waals surface area contributed by atoms with Gasteiger partial charge in [-0.3, -0.25) is 0 Å². The van der Waals surface area contributed by atoms with Gasteiger partial charge in [0.15, 0.2) is 0 Å². The molecule has 0 aliphatic heterocycles. The third-order valence-electron chi connectivity index (χ3n) is 30.0. The molecule has 73 heavy (non-hydrogen) atoms. The number of rotatable bonds is 8. The first-order chi connectivity index (χ1) is 35.6. The van der Waals surface area contributed by atoms with Gasteiger partial charge < -0.3 is 4.74 Å². The van der Waals surface area contributed by atoms with Crippen LogP contribution in [0.4, 0.5) is 0 Å². The van der Waals surface area contributed by atoms with Gasteiger partial charge in [-0.1, -0.05) is 12.1 Å². The number of hydrogen-bond acceptors (Lipinski definition) is 1. The Hall–Kier alpha value is -1.76. The summed E-state index contributed by atoms with van der Waals surface area (Å²) >= 11 is 0. The fourth-order valence-electron chi connectivity index (χ4n) is 31.0. The van der Waals surface area contributed by atoms with Gasteiger partial charge in [0, 0.05) is 22.0 Å². The highest BCUT2D eigenvalue weighted by molar-refractivity contribution is 5.65. The molecule has 0 atom stereocenters. The van der Waals surface area contributed by atoms with Gasteiger partial charge in [-0.2, -0.15) is 0 Å². The lowest BCUT2D eigenvalue weighted by molar-refractivity contribution is -0.0293. The summed E-state index contributed by atoms with van der Waals surface area (Å²) in [6.45, 7) is 0. The first-order valence-corrected chi connectivity index (χ1v) is 33.6. The Morgan fingerprint density at radius 3 is 0.795 bits per heavy atom. The molecule has 388 valence electrons. The summed E-state index contributed by atoms with van der Waals surface area (Å²) in [7, 11) is 0. The van der Waals surface area contributed by atoms with E-state index >= 15 is 0 Å². The third kappa shape index (κ3) is 5.96. The predicted octanol–water partition coefficient (Wildman–Crippen LogP) is 18.3. The van der Waals surface area contributed by atoms with Gasteiger partial charge in [-0.05, 0) is 394 Å². The lowest BCUT2D eigenvalue weighted by Crippen LogP contribution is -2.56. The topological polar surface area (TPSA) is 9.23 Å².